The van der Waals surface area contributed by atoms with Crippen molar-refractivity contribution in [2.75, 3.05) is 13.2 Å². The van der Waals surface area contributed by atoms with Gasteiger partial charge in [0.1, 0.15) is 5.75 Å². The predicted octanol–water partition coefficient (Wildman–Crippen LogP) is 2.70. The number of hydrogen-bond donors (Lipinski definition) is 1. The molecule has 0 bridgehead atoms. The minimum Gasteiger partial charge on any atom is -0.477 e. The van der Waals surface area contributed by atoms with Gasteiger partial charge in [-0.1, -0.05) is 24.6 Å². The average molecular weight is 284 g/mol. The third-order valence-electron chi connectivity index (χ3n) is 3.12. The molecule has 1 heterocycles. The second kappa shape index (κ2) is 6.26. The van der Waals surface area contributed by atoms with Gasteiger partial charge in [0.15, 0.2) is 6.10 Å². The van der Waals surface area contributed by atoms with Gasteiger partial charge in [-0.25, -0.2) is 4.79 Å². The van der Waals surface area contributed by atoms with Crippen molar-refractivity contribution in [3.63, 3.8) is 0 Å². The van der Waals surface area contributed by atoms with E-state index in [1.54, 1.807) is 6.07 Å². The van der Waals surface area contributed by atoms with Crippen LogP contribution in [0.3, 0.4) is 0 Å². The van der Waals surface area contributed by atoms with Gasteiger partial charge < -0.3 is 14.8 Å². The summed E-state index contributed by atoms with van der Waals surface area (Å²) in [5.74, 6) is 0.208. The van der Waals surface area contributed by atoms with E-state index in [0.29, 0.717) is 23.8 Å². The molecule has 104 valence electrons. The highest BCUT2D eigenvalue weighted by Gasteiger charge is 2.29. The summed E-state index contributed by atoms with van der Waals surface area (Å²) in [4.78, 5) is 11.3. The maximum atomic E-state index is 11.3. The fraction of sp³-hybridized carbons (Fsp3) is 0.500. The quantitative estimate of drug-likeness (QED) is 0.844. The van der Waals surface area contributed by atoms with E-state index in [4.69, 9.17) is 21.1 Å². The van der Waals surface area contributed by atoms with Crippen molar-refractivity contribution >= 4 is 17.6 Å². The molecule has 0 spiro atoms. The van der Waals surface area contributed by atoms with Crippen LogP contribution < -0.4 is 10.1 Å². The maximum absolute atomic E-state index is 11.3. The van der Waals surface area contributed by atoms with Crippen LogP contribution in [0.1, 0.15) is 31.9 Å². The molecule has 1 N–H and O–H groups in total. The van der Waals surface area contributed by atoms with Gasteiger partial charge in [-0.3, -0.25) is 0 Å². The molecule has 0 radical (unpaired) electrons. The van der Waals surface area contributed by atoms with Gasteiger partial charge in [-0.15, -0.1) is 0 Å². The largest absolute Gasteiger partial charge is 0.477 e. The lowest BCUT2D eigenvalue weighted by Gasteiger charge is -2.16. The number of benzene rings is 1. The van der Waals surface area contributed by atoms with Crippen molar-refractivity contribution in [1.82, 2.24) is 5.32 Å². The van der Waals surface area contributed by atoms with Gasteiger partial charge in [0.2, 0.25) is 0 Å². The molecule has 2 atom stereocenters. The molecule has 19 heavy (non-hydrogen) atoms. The Hall–Kier alpha value is -1.26. The number of nitrogens with one attached hydrogen (secondary N) is 1. The summed E-state index contributed by atoms with van der Waals surface area (Å²) in [6, 6.07) is 5.85. The molecule has 1 fully saturated rings. The highest BCUT2D eigenvalue weighted by molar-refractivity contribution is 6.32. The van der Waals surface area contributed by atoms with Crippen molar-refractivity contribution in [3.8, 4) is 5.75 Å². The van der Waals surface area contributed by atoms with Crippen LogP contribution in [0.4, 0.5) is 0 Å². The van der Waals surface area contributed by atoms with Crippen molar-refractivity contribution in [1.29, 1.82) is 0 Å². The first-order valence-electron chi connectivity index (χ1n) is 6.48. The van der Waals surface area contributed by atoms with Crippen molar-refractivity contribution in [3.05, 3.63) is 28.8 Å². The molecule has 1 saturated heterocycles. The van der Waals surface area contributed by atoms with Crippen LogP contribution in [-0.4, -0.2) is 25.2 Å². The Kier molecular flexibility index (Phi) is 4.66. The standard InChI is InChI=1S/C14H18ClNO3/c1-3-16-9(2)10-4-5-12(11(15)8-10)19-13-6-7-18-14(13)17/h4-5,8-9,13,16H,3,6-7H2,1-2H3. The summed E-state index contributed by atoms with van der Waals surface area (Å²) >= 11 is 6.19. The van der Waals surface area contributed by atoms with Gasteiger partial charge in [0, 0.05) is 12.5 Å². The molecule has 0 saturated carbocycles. The molecule has 2 rings (SSSR count). The Morgan fingerprint density at radius 2 is 2.37 bits per heavy atom. The van der Waals surface area contributed by atoms with E-state index in [0.717, 1.165) is 12.1 Å². The highest BCUT2D eigenvalue weighted by atomic mass is 35.5. The first-order valence-corrected chi connectivity index (χ1v) is 6.85. The SMILES string of the molecule is CCNC(C)c1ccc(OC2CCOC2=O)c(Cl)c1. The second-order valence-corrected chi connectivity index (χ2v) is 4.94. The van der Waals surface area contributed by atoms with E-state index in [2.05, 4.69) is 19.2 Å². The number of cyclic esters (lactones) is 1. The Morgan fingerprint density at radius 3 is 2.95 bits per heavy atom. The van der Waals surface area contributed by atoms with Crippen LogP contribution >= 0.6 is 11.6 Å². The Bertz CT molecular complexity index is 464. The zero-order chi connectivity index (χ0) is 13.8. The first-order chi connectivity index (χ1) is 9.11. The molecular formula is C14H18ClNO3. The number of hydrogen-bond acceptors (Lipinski definition) is 4. The summed E-state index contributed by atoms with van der Waals surface area (Å²) < 4.78 is 10.4. The lowest BCUT2D eigenvalue weighted by atomic mass is 10.1. The van der Waals surface area contributed by atoms with E-state index >= 15 is 0 Å². The molecule has 1 aliphatic rings. The predicted molar refractivity (Wildman–Crippen MR) is 73.5 cm³/mol. The summed E-state index contributed by atoms with van der Waals surface area (Å²) in [6.07, 6.45) is 0.0413. The van der Waals surface area contributed by atoms with Crippen LogP contribution in [0, 0.1) is 0 Å². The number of esters is 1. The average Bonchev–Trinajstić information content (AvgIpc) is 2.78. The normalized spacial score (nSPS) is 20.2. The topological polar surface area (TPSA) is 47.6 Å². The minimum atomic E-state index is -0.533. The molecule has 0 aliphatic carbocycles. The lowest BCUT2D eigenvalue weighted by Crippen LogP contribution is -2.22. The zero-order valence-corrected chi connectivity index (χ0v) is 11.9. The third kappa shape index (κ3) is 3.39. The van der Waals surface area contributed by atoms with Crippen molar-refractivity contribution in [2.24, 2.45) is 0 Å². The molecule has 5 heteroatoms. The Balaban J connectivity index is 2.08. The van der Waals surface area contributed by atoms with Crippen molar-refractivity contribution < 1.29 is 14.3 Å². The monoisotopic (exact) mass is 283 g/mol. The Labute approximate surface area is 118 Å². The maximum Gasteiger partial charge on any atom is 0.347 e. The summed E-state index contributed by atoms with van der Waals surface area (Å²) in [6.45, 7) is 5.44. The number of carbonyl (C=O) groups is 1. The molecule has 0 amide bonds. The molecule has 1 aromatic rings. The van der Waals surface area contributed by atoms with Gasteiger partial charge >= 0.3 is 5.97 Å². The van der Waals surface area contributed by atoms with Crippen LogP contribution in [0.5, 0.6) is 5.75 Å². The smallest absolute Gasteiger partial charge is 0.347 e. The third-order valence-corrected chi connectivity index (χ3v) is 3.42. The molecule has 1 aliphatic heterocycles. The van der Waals surface area contributed by atoms with Crippen molar-refractivity contribution in [2.45, 2.75) is 32.4 Å². The Morgan fingerprint density at radius 1 is 1.58 bits per heavy atom. The second-order valence-electron chi connectivity index (χ2n) is 4.53. The molecule has 4 nitrogen and oxygen atoms in total. The zero-order valence-electron chi connectivity index (χ0n) is 11.1. The number of rotatable bonds is 5. The van der Waals surface area contributed by atoms with E-state index in [9.17, 15) is 4.79 Å². The molecule has 1 aromatic carbocycles. The lowest BCUT2D eigenvalue weighted by molar-refractivity contribution is -0.143. The van der Waals surface area contributed by atoms with E-state index in [1.165, 1.54) is 0 Å². The number of halogens is 1. The fourth-order valence-electron chi connectivity index (χ4n) is 2.04. The summed E-state index contributed by atoms with van der Waals surface area (Å²) in [7, 11) is 0. The van der Waals surface area contributed by atoms with Gasteiger partial charge in [-0.2, -0.15) is 0 Å². The summed E-state index contributed by atoms with van der Waals surface area (Å²) in [5, 5.41) is 3.83. The summed E-state index contributed by atoms with van der Waals surface area (Å²) in [5.41, 5.74) is 1.09. The van der Waals surface area contributed by atoms with Gasteiger partial charge in [-0.05, 0) is 31.2 Å². The van der Waals surface area contributed by atoms with Gasteiger partial charge in [0.25, 0.3) is 0 Å². The van der Waals surface area contributed by atoms with E-state index in [1.807, 2.05) is 12.1 Å². The highest BCUT2D eigenvalue weighted by Crippen LogP contribution is 2.29. The first kappa shape index (κ1) is 14.2. The molecular weight excluding hydrogens is 266 g/mol. The van der Waals surface area contributed by atoms with Crippen LogP contribution in [0.15, 0.2) is 18.2 Å². The van der Waals surface area contributed by atoms with Crippen LogP contribution in [0.25, 0.3) is 0 Å². The van der Waals surface area contributed by atoms with E-state index < -0.39 is 6.10 Å². The van der Waals surface area contributed by atoms with Crippen LogP contribution in [0.2, 0.25) is 5.02 Å². The van der Waals surface area contributed by atoms with Gasteiger partial charge in [0.05, 0.1) is 11.6 Å². The van der Waals surface area contributed by atoms with E-state index in [-0.39, 0.29) is 12.0 Å². The molecule has 0 aromatic heterocycles. The molecule has 2 unspecified atom stereocenters. The minimum absolute atomic E-state index is 0.230. The number of ether oxygens (including phenoxy) is 2. The fourth-order valence-corrected chi connectivity index (χ4v) is 2.28. The van der Waals surface area contributed by atoms with Crippen LogP contribution in [-0.2, 0) is 9.53 Å². The number of carbonyl (C=O) groups excluding carboxylic acids is 1.